The van der Waals surface area contributed by atoms with Crippen molar-refractivity contribution in [2.75, 3.05) is 14.1 Å². The number of nitrogens with zero attached hydrogens (tertiary/aromatic N) is 1. The molecular formula is C24H21F3N2O5S. The normalized spacial score (nSPS) is 19.9. The number of hydrogen-bond donors (Lipinski definition) is 1. The van der Waals surface area contributed by atoms with Gasteiger partial charge >= 0.3 is 6.36 Å². The third-order valence-corrected chi connectivity index (χ3v) is 6.52. The van der Waals surface area contributed by atoms with E-state index in [9.17, 15) is 27.6 Å². The summed E-state index contributed by atoms with van der Waals surface area (Å²) in [5, 5.41) is 1.60. The van der Waals surface area contributed by atoms with Crippen molar-refractivity contribution in [1.82, 2.24) is 10.2 Å². The van der Waals surface area contributed by atoms with E-state index in [1.54, 1.807) is 46.1 Å². The molecule has 2 heterocycles. The number of hydrogen-bond acceptors (Lipinski definition) is 6. The van der Waals surface area contributed by atoms with Crippen LogP contribution in [0.2, 0.25) is 0 Å². The summed E-state index contributed by atoms with van der Waals surface area (Å²) in [4.78, 5) is 37.4. The molecule has 1 atom stereocenters. The maximum Gasteiger partial charge on any atom is 0.573 e. The van der Waals surface area contributed by atoms with Gasteiger partial charge in [-0.15, -0.1) is 13.2 Å². The molecular weight excluding hydrogens is 485 g/mol. The summed E-state index contributed by atoms with van der Waals surface area (Å²) in [7, 11) is 3.24. The van der Waals surface area contributed by atoms with Gasteiger partial charge in [-0.1, -0.05) is 19.9 Å². The topological polar surface area (TPSA) is 84.9 Å². The van der Waals surface area contributed by atoms with Crippen molar-refractivity contribution in [3.05, 3.63) is 63.6 Å². The van der Waals surface area contributed by atoms with Gasteiger partial charge in [0.1, 0.15) is 17.6 Å². The number of halogens is 3. The Hall–Kier alpha value is -3.47. The molecule has 35 heavy (non-hydrogen) atoms. The van der Waals surface area contributed by atoms with Gasteiger partial charge in [-0.2, -0.15) is 0 Å². The van der Waals surface area contributed by atoms with Gasteiger partial charge in [-0.3, -0.25) is 19.7 Å². The fraction of sp³-hybridized carbons (Fsp3) is 0.292. The molecule has 0 radical (unpaired) electrons. The Morgan fingerprint density at radius 1 is 1.17 bits per heavy atom. The number of ether oxygens (including phenoxy) is 2. The van der Waals surface area contributed by atoms with Crippen molar-refractivity contribution in [2.45, 2.75) is 31.7 Å². The van der Waals surface area contributed by atoms with E-state index in [2.05, 4.69) is 10.1 Å². The molecule has 1 N–H and O–H groups in total. The summed E-state index contributed by atoms with van der Waals surface area (Å²) in [6, 6.07) is 8.85. The number of carbonyl (C=O) groups is 3. The number of amides is 3. The molecule has 0 aliphatic carbocycles. The second-order valence-electron chi connectivity index (χ2n) is 8.83. The predicted octanol–water partition coefficient (Wildman–Crippen LogP) is 5.02. The van der Waals surface area contributed by atoms with Crippen LogP contribution < -0.4 is 14.8 Å². The highest BCUT2D eigenvalue weighted by Crippen LogP contribution is 2.52. The average Bonchev–Trinajstić information content (AvgIpc) is 3.21. The Morgan fingerprint density at radius 3 is 2.49 bits per heavy atom. The van der Waals surface area contributed by atoms with E-state index in [4.69, 9.17) is 4.74 Å². The van der Waals surface area contributed by atoms with Crippen molar-refractivity contribution < 1.29 is 37.0 Å². The minimum atomic E-state index is -4.94. The molecule has 184 valence electrons. The summed E-state index contributed by atoms with van der Waals surface area (Å²) in [6.07, 6.45) is -4.43. The Morgan fingerprint density at radius 2 is 1.89 bits per heavy atom. The van der Waals surface area contributed by atoms with Crippen LogP contribution in [0.15, 0.2) is 41.3 Å². The van der Waals surface area contributed by atoms with Crippen LogP contribution in [0.3, 0.4) is 0 Å². The first-order valence-electron chi connectivity index (χ1n) is 10.4. The van der Waals surface area contributed by atoms with Gasteiger partial charge in [0.2, 0.25) is 0 Å². The molecule has 1 unspecified atom stereocenters. The lowest BCUT2D eigenvalue weighted by atomic mass is 9.77. The number of thioether (sulfide) groups is 1. The number of rotatable bonds is 4. The van der Waals surface area contributed by atoms with Crippen LogP contribution in [0, 0.1) is 0 Å². The minimum Gasteiger partial charge on any atom is -0.484 e. The largest absolute Gasteiger partial charge is 0.573 e. The number of fused-ring (bicyclic) bond motifs is 1. The third-order valence-electron chi connectivity index (χ3n) is 5.71. The molecule has 11 heteroatoms. The maximum absolute atomic E-state index is 13.2. The van der Waals surface area contributed by atoms with Crippen molar-refractivity contribution in [2.24, 2.45) is 0 Å². The fourth-order valence-corrected chi connectivity index (χ4v) is 4.73. The van der Waals surface area contributed by atoms with Gasteiger partial charge in [0.25, 0.3) is 17.1 Å². The van der Waals surface area contributed by atoms with E-state index in [0.29, 0.717) is 34.2 Å². The number of benzene rings is 2. The van der Waals surface area contributed by atoms with Gasteiger partial charge in [0.15, 0.2) is 0 Å². The second kappa shape index (κ2) is 8.63. The van der Waals surface area contributed by atoms with Gasteiger partial charge in [0, 0.05) is 36.2 Å². The molecule has 1 saturated heterocycles. The van der Waals surface area contributed by atoms with E-state index in [-0.39, 0.29) is 16.4 Å². The zero-order valence-electron chi connectivity index (χ0n) is 19.1. The quantitative estimate of drug-likeness (QED) is 0.586. The van der Waals surface area contributed by atoms with Crippen molar-refractivity contribution in [3.8, 4) is 11.5 Å². The highest BCUT2D eigenvalue weighted by atomic mass is 32.2. The van der Waals surface area contributed by atoms with Gasteiger partial charge in [-0.25, -0.2) is 0 Å². The standard InChI is InChI=1S/C24H21F3N2O5S/c1-23(2)15-11-13(21(31)29(3)4)6-8-17(15)33-19(23)14-9-12(5-7-16(14)34-24(25,26)27)10-18-20(30)28-22(32)35-18/h5-11,19H,1-4H3,(H,28,30,32). The highest BCUT2D eigenvalue weighted by Gasteiger charge is 2.45. The van der Waals surface area contributed by atoms with E-state index >= 15 is 0 Å². The SMILES string of the molecule is CN(C)C(=O)c1ccc2c(c1)C(C)(C)C(c1cc(C=C3SC(=O)NC3=O)ccc1OC(F)(F)F)O2. The monoisotopic (exact) mass is 506 g/mol. The number of carbonyl (C=O) groups excluding carboxylic acids is 3. The van der Waals surface area contributed by atoms with E-state index in [0.717, 1.165) is 6.07 Å². The van der Waals surface area contributed by atoms with Crippen LogP contribution in [-0.4, -0.2) is 42.4 Å². The molecule has 0 saturated carbocycles. The molecule has 4 rings (SSSR count). The maximum atomic E-state index is 13.2. The summed E-state index contributed by atoms with van der Waals surface area (Å²) in [5.74, 6) is -0.813. The molecule has 2 aromatic carbocycles. The predicted molar refractivity (Wildman–Crippen MR) is 123 cm³/mol. The first kappa shape index (κ1) is 24.6. The van der Waals surface area contributed by atoms with Crippen LogP contribution in [0.1, 0.15) is 47.0 Å². The van der Waals surface area contributed by atoms with Crippen molar-refractivity contribution >= 4 is 34.9 Å². The fourth-order valence-electron chi connectivity index (χ4n) is 4.05. The van der Waals surface area contributed by atoms with Gasteiger partial charge < -0.3 is 14.4 Å². The summed E-state index contributed by atoms with van der Waals surface area (Å²) in [6.45, 7) is 3.60. The summed E-state index contributed by atoms with van der Waals surface area (Å²) < 4.78 is 50.0. The van der Waals surface area contributed by atoms with Crippen molar-refractivity contribution in [3.63, 3.8) is 0 Å². The first-order chi connectivity index (χ1) is 16.3. The first-order valence-corrected chi connectivity index (χ1v) is 11.3. The lowest BCUT2D eigenvalue weighted by Crippen LogP contribution is -2.27. The molecule has 0 spiro atoms. The van der Waals surface area contributed by atoms with Gasteiger partial charge in [0.05, 0.1) is 4.91 Å². The lowest BCUT2D eigenvalue weighted by molar-refractivity contribution is -0.275. The molecule has 1 fully saturated rings. The van der Waals surface area contributed by atoms with E-state index in [1.807, 2.05) is 0 Å². The summed E-state index contributed by atoms with van der Waals surface area (Å²) >= 11 is 0.700. The van der Waals surface area contributed by atoms with E-state index in [1.165, 1.54) is 23.1 Å². The average molecular weight is 507 g/mol. The molecule has 0 aromatic heterocycles. The zero-order chi connectivity index (χ0) is 25.7. The smallest absolute Gasteiger partial charge is 0.484 e. The molecule has 0 bridgehead atoms. The molecule has 2 aromatic rings. The van der Waals surface area contributed by atoms with Crippen molar-refractivity contribution in [1.29, 1.82) is 0 Å². The van der Waals surface area contributed by atoms with Crippen LogP contribution in [0.4, 0.5) is 18.0 Å². The Balaban J connectivity index is 1.79. The Bertz CT molecular complexity index is 1270. The lowest BCUT2D eigenvalue weighted by Gasteiger charge is -2.28. The third kappa shape index (κ3) is 4.86. The highest BCUT2D eigenvalue weighted by molar-refractivity contribution is 8.18. The molecule has 7 nitrogen and oxygen atoms in total. The Kier molecular flexibility index (Phi) is 6.08. The minimum absolute atomic E-state index is 0.105. The van der Waals surface area contributed by atoms with Crippen LogP contribution >= 0.6 is 11.8 Å². The number of alkyl halides is 3. The Labute approximate surface area is 203 Å². The van der Waals surface area contributed by atoms with Gasteiger partial charge in [-0.05, 0) is 53.7 Å². The van der Waals surface area contributed by atoms with Crippen LogP contribution in [-0.2, 0) is 10.2 Å². The summed E-state index contributed by atoms with van der Waals surface area (Å²) in [5.41, 5.74) is 0.732. The van der Waals surface area contributed by atoms with Crippen LogP contribution in [0.5, 0.6) is 11.5 Å². The number of imide groups is 1. The zero-order valence-corrected chi connectivity index (χ0v) is 20.0. The molecule has 2 aliphatic rings. The molecule has 3 amide bonds. The second-order valence-corrected chi connectivity index (χ2v) is 9.84. The molecule has 2 aliphatic heterocycles. The van der Waals surface area contributed by atoms with Crippen LogP contribution in [0.25, 0.3) is 6.08 Å². The van der Waals surface area contributed by atoms with E-state index < -0.39 is 34.8 Å². The number of nitrogens with one attached hydrogen (secondary N) is 1.